The fraction of sp³-hybridized carbons (Fsp3) is 0.375. The summed E-state index contributed by atoms with van der Waals surface area (Å²) in [6.45, 7) is 3.17. The van der Waals surface area contributed by atoms with E-state index in [1.165, 1.54) is 0 Å². The van der Waals surface area contributed by atoms with Gasteiger partial charge in [0.05, 0.1) is 13.0 Å². The third kappa shape index (κ3) is 3.84. The highest BCUT2D eigenvalue weighted by atomic mass is 16.5. The van der Waals surface area contributed by atoms with E-state index < -0.39 is 5.97 Å². The average molecular weight is 288 g/mol. The van der Waals surface area contributed by atoms with Crippen LogP contribution in [-0.2, 0) is 20.9 Å². The van der Waals surface area contributed by atoms with E-state index in [9.17, 15) is 9.59 Å². The molecule has 0 bridgehead atoms. The van der Waals surface area contributed by atoms with Gasteiger partial charge < -0.3 is 15.4 Å². The van der Waals surface area contributed by atoms with Gasteiger partial charge in [0.2, 0.25) is 5.91 Å². The summed E-state index contributed by atoms with van der Waals surface area (Å²) in [6.07, 6.45) is 0.806. The summed E-state index contributed by atoms with van der Waals surface area (Å²) >= 11 is 0. The van der Waals surface area contributed by atoms with Crippen molar-refractivity contribution in [3.8, 4) is 0 Å². The van der Waals surface area contributed by atoms with Gasteiger partial charge in [-0.15, -0.1) is 0 Å². The lowest BCUT2D eigenvalue weighted by Gasteiger charge is -2.29. The largest absolute Gasteiger partial charge is 0.461 e. The van der Waals surface area contributed by atoms with E-state index in [0.29, 0.717) is 25.1 Å². The first kappa shape index (κ1) is 15.1. The zero-order chi connectivity index (χ0) is 15.2. The summed E-state index contributed by atoms with van der Waals surface area (Å²) in [4.78, 5) is 25.6. The first-order valence-corrected chi connectivity index (χ1v) is 7.08. The molecule has 1 saturated heterocycles. The minimum absolute atomic E-state index is 0.00708. The summed E-state index contributed by atoms with van der Waals surface area (Å²) in [5.74, 6) is -0.538. The summed E-state index contributed by atoms with van der Waals surface area (Å²) in [7, 11) is 0. The predicted molar refractivity (Wildman–Crippen MR) is 78.9 cm³/mol. The van der Waals surface area contributed by atoms with E-state index in [1.54, 1.807) is 11.8 Å². The van der Waals surface area contributed by atoms with Gasteiger partial charge >= 0.3 is 5.97 Å². The maximum absolute atomic E-state index is 12.2. The Kier molecular flexibility index (Phi) is 4.98. The third-order valence-electron chi connectivity index (χ3n) is 3.49. The number of rotatable bonds is 4. The Balaban J connectivity index is 2.01. The van der Waals surface area contributed by atoms with Crippen LogP contribution in [0.2, 0.25) is 0 Å². The van der Waals surface area contributed by atoms with Gasteiger partial charge in [-0.1, -0.05) is 30.3 Å². The van der Waals surface area contributed by atoms with E-state index in [0.717, 1.165) is 5.56 Å². The Labute approximate surface area is 124 Å². The molecular weight excluding hydrogens is 268 g/mol. The molecule has 1 aliphatic rings. The van der Waals surface area contributed by atoms with Crippen LogP contribution in [0.1, 0.15) is 25.3 Å². The van der Waals surface area contributed by atoms with Crippen molar-refractivity contribution in [3.05, 3.63) is 47.2 Å². The van der Waals surface area contributed by atoms with Crippen LogP contribution in [0.3, 0.4) is 0 Å². The Bertz CT molecular complexity index is 552. The maximum Gasteiger partial charge on any atom is 0.354 e. The van der Waals surface area contributed by atoms with Crippen LogP contribution < -0.4 is 5.73 Å². The molecule has 0 atom stereocenters. The van der Waals surface area contributed by atoms with Crippen molar-refractivity contribution in [1.82, 2.24) is 4.90 Å². The van der Waals surface area contributed by atoms with Crippen LogP contribution in [0.25, 0.3) is 0 Å². The number of nitrogens with two attached hydrogens (primary N) is 1. The zero-order valence-electron chi connectivity index (χ0n) is 12.2. The first-order valence-electron chi connectivity index (χ1n) is 7.08. The number of carbonyl (C=O) groups is 2. The quantitative estimate of drug-likeness (QED) is 0.674. The molecule has 1 amide bonds. The summed E-state index contributed by atoms with van der Waals surface area (Å²) in [5, 5.41) is 0. The number of hydrogen-bond acceptors (Lipinski definition) is 4. The molecule has 1 heterocycles. The second kappa shape index (κ2) is 6.92. The van der Waals surface area contributed by atoms with Crippen molar-refractivity contribution in [3.63, 3.8) is 0 Å². The number of esters is 1. The number of ether oxygens (including phenoxy) is 1. The van der Waals surface area contributed by atoms with Crippen LogP contribution in [0.4, 0.5) is 0 Å². The van der Waals surface area contributed by atoms with Gasteiger partial charge in [0.15, 0.2) is 0 Å². The Morgan fingerprint density at radius 1 is 1.33 bits per heavy atom. The van der Waals surface area contributed by atoms with Crippen molar-refractivity contribution in [2.24, 2.45) is 5.73 Å². The second-order valence-corrected chi connectivity index (χ2v) is 4.97. The topological polar surface area (TPSA) is 72.6 Å². The number of nitrogens with zero attached hydrogens (tertiary/aromatic N) is 1. The number of hydrogen-bond donors (Lipinski definition) is 1. The van der Waals surface area contributed by atoms with Crippen molar-refractivity contribution in [2.45, 2.75) is 26.3 Å². The molecule has 21 heavy (non-hydrogen) atoms. The molecule has 0 aromatic heterocycles. The molecule has 0 unspecified atom stereocenters. The van der Waals surface area contributed by atoms with Crippen LogP contribution >= 0.6 is 0 Å². The van der Waals surface area contributed by atoms with E-state index in [2.05, 4.69) is 0 Å². The lowest BCUT2D eigenvalue weighted by atomic mass is 10.0. The van der Waals surface area contributed by atoms with Crippen molar-refractivity contribution < 1.29 is 14.3 Å². The van der Waals surface area contributed by atoms with Gasteiger partial charge in [-0.25, -0.2) is 4.79 Å². The van der Waals surface area contributed by atoms with Gasteiger partial charge in [0.1, 0.15) is 5.70 Å². The summed E-state index contributed by atoms with van der Waals surface area (Å²) in [5.41, 5.74) is 7.64. The fourth-order valence-electron chi connectivity index (χ4n) is 2.33. The SMILES string of the molecule is CCOC(=O)/C(N)=C1\CCN(Cc2ccccc2)C(=O)C1. The highest BCUT2D eigenvalue weighted by Crippen LogP contribution is 2.21. The van der Waals surface area contributed by atoms with Crippen LogP contribution in [0, 0.1) is 0 Å². The Hall–Kier alpha value is -2.30. The van der Waals surface area contributed by atoms with Crippen LogP contribution in [0.15, 0.2) is 41.6 Å². The molecule has 0 aliphatic carbocycles. The number of carbonyl (C=O) groups excluding carboxylic acids is 2. The predicted octanol–water partition coefficient (Wildman–Crippen LogP) is 1.58. The molecule has 0 saturated carbocycles. The highest BCUT2D eigenvalue weighted by molar-refractivity contribution is 5.90. The molecule has 2 rings (SSSR count). The molecule has 2 N–H and O–H groups in total. The number of amides is 1. The first-order chi connectivity index (χ1) is 10.1. The molecule has 1 aliphatic heterocycles. The molecule has 5 heteroatoms. The summed E-state index contributed by atoms with van der Waals surface area (Å²) < 4.78 is 4.87. The maximum atomic E-state index is 12.2. The van der Waals surface area contributed by atoms with Gasteiger partial charge in [0.25, 0.3) is 0 Å². The molecular formula is C16H20N2O3. The van der Waals surface area contributed by atoms with Gasteiger partial charge in [-0.2, -0.15) is 0 Å². The van der Waals surface area contributed by atoms with Gasteiger partial charge in [-0.3, -0.25) is 4.79 Å². The van der Waals surface area contributed by atoms with E-state index in [4.69, 9.17) is 10.5 Å². The zero-order valence-corrected chi connectivity index (χ0v) is 12.2. The summed E-state index contributed by atoms with van der Waals surface area (Å²) in [6, 6.07) is 9.83. The number of benzene rings is 1. The third-order valence-corrected chi connectivity index (χ3v) is 3.49. The minimum atomic E-state index is -0.531. The molecule has 0 radical (unpaired) electrons. The molecule has 1 aromatic carbocycles. The normalized spacial score (nSPS) is 17.6. The Morgan fingerprint density at radius 3 is 2.67 bits per heavy atom. The lowest BCUT2D eigenvalue weighted by Crippen LogP contribution is -2.37. The van der Waals surface area contributed by atoms with E-state index in [-0.39, 0.29) is 24.6 Å². The lowest BCUT2D eigenvalue weighted by molar-refractivity contribution is -0.138. The van der Waals surface area contributed by atoms with Gasteiger partial charge in [-0.05, 0) is 24.5 Å². The average Bonchev–Trinajstić information content (AvgIpc) is 2.50. The van der Waals surface area contributed by atoms with Crippen molar-refractivity contribution >= 4 is 11.9 Å². The highest BCUT2D eigenvalue weighted by Gasteiger charge is 2.25. The van der Waals surface area contributed by atoms with Crippen molar-refractivity contribution in [1.29, 1.82) is 0 Å². The van der Waals surface area contributed by atoms with E-state index >= 15 is 0 Å². The molecule has 1 aromatic rings. The van der Waals surface area contributed by atoms with Gasteiger partial charge in [0, 0.05) is 13.1 Å². The minimum Gasteiger partial charge on any atom is -0.461 e. The molecule has 5 nitrogen and oxygen atoms in total. The van der Waals surface area contributed by atoms with Crippen LogP contribution in [0.5, 0.6) is 0 Å². The molecule has 1 fully saturated rings. The molecule has 0 spiro atoms. The number of piperidine rings is 1. The van der Waals surface area contributed by atoms with E-state index in [1.807, 2.05) is 30.3 Å². The van der Waals surface area contributed by atoms with Crippen molar-refractivity contribution in [2.75, 3.05) is 13.2 Å². The Morgan fingerprint density at radius 2 is 2.05 bits per heavy atom. The standard InChI is InChI=1S/C16H20N2O3/c1-2-21-16(20)15(17)13-8-9-18(14(19)10-13)11-12-6-4-3-5-7-12/h3-7H,2,8-11,17H2,1H3/b15-13-. The fourth-order valence-corrected chi connectivity index (χ4v) is 2.33. The number of likely N-dealkylation sites (tertiary alicyclic amines) is 1. The smallest absolute Gasteiger partial charge is 0.354 e. The monoisotopic (exact) mass is 288 g/mol. The molecule has 112 valence electrons. The second-order valence-electron chi connectivity index (χ2n) is 4.97. The van der Waals surface area contributed by atoms with Crippen LogP contribution in [-0.4, -0.2) is 29.9 Å².